The SMILES string of the molecule is CN=C(NCc1ccc(-n2nc(C)cc2C)nc1)NCc1cccs1.I. The van der Waals surface area contributed by atoms with E-state index in [0.29, 0.717) is 6.54 Å². The summed E-state index contributed by atoms with van der Waals surface area (Å²) in [6, 6.07) is 10.2. The van der Waals surface area contributed by atoms with Gasteiger partial charge in [-0.15, -0.1) is 35.3 Å². The third kappa shape index (κ3) is 5.28. The molecule has 26 heavy (non-hydrogen) atoms. The molecule has 0 saturated carbocycles. The summed E-state index contributed by atoms with van der Waals surface area (Å²) in [6.45, 7) is 5.44. The van der Waals surface area contributed by atoms with Crippen molar-refractivity contribution in [3.63, 3.8) is 0 Å². The average Bonchev–Trinajstić information content (AvgIpc) is 3.25. The number of aromatic nitrogens is 3. The van der Waals surface area contributed by atoms with Gasteiger partial charge in [0, 0.05) is 30.4 Å². The molecule has 0 atom stereocenters. The Morgan fingerprint density at radius 1 is 1.19 bits per heavy atom. The molecule has 2 N–H and O–H groups in total. The summed E-state index contributed by atoms with van der Waals surface area (Å²) in [6.07, 6.45) is 1.87. The normalized spacial score (nSPS) is 11.1. The first-order valence-corrected chi connectivity index (χ1v) is 8.99. The van der Waals surface area contributed by atoms with E-state index in [2.05, 4.69) is 43.2 Å². The van der Waals surface area contributed by atoms with Gasteiger partial charge in [-0.1, -0.05) is 12.1 Å². The number of pyridine rings is 1. The van der Waals surface area contributed by atoms with Gasteiger partial charge in [0.1, 0.15) is 0 Å². The molecule has 0 aliphatic carbocycles. The Labute approximate surface area is 174 Å². The van der Waals surface area contributed by atoms with Crippen molar-refractivity contribution in [3.8, 4) is 5.82 Å². The van der Waals surface area contributed by atoms with Crippen LogP contribution in [0.5, 0.6) is 0 Å². The Kier molecular flexibility index (Phi) is 7.58. The van der Waals surface area contributed by atoms with Crippen LogP contribution < -0.4 is 10.6 Å². The van der Waals surface area contributed by atoms with Crippen LogP contribution in [0.1, 0.15) is 21.8 Å². The molecule has 3 heterocycles. The summed E-state index contributed by atoms with van der Waals surface area (Å²) in [5, 5.41) is 13.1. The Balaban J connectivity index is 0.00000243. The van der Waals surface area contributed by atoms with Gasteiger partial charge in [-0.05, 0) is 43.0 Å². The van der Waals surface area contributed by atoms with Crippen LogP contribution in [0.4, 0.5) is 0 Å². The lowest BCUT2D eigenvalue weighted by molar-refractivity contribution is 0.792. The molecule has 0 aliphatic heterocycles. The number of hydrogen-bond donors (Lipinski definition) is 2. The molecular formula is C18H23IN6S. The number of nitrogens with one attached hydrogen (secondary N) is 2. The number of hydrogen-bond acceptors (Lipinski definition) is 4. The highest BCUT2D eigenvalue weighted by molar-refractivity contribution is 14.0. The number of aryl methyl sites for hydroxylation is 2. The van der Waals surface area contributed by atoms with E-state index in [1.165, 1.54) is 4.88 Å². The van der Waals surface area contributed by atoms with Gasteiger partial charge in [0.15, 0.2) is 11.8 Å². The van der Waals surface area contributed by atoms with Crippen molar-refractivity contribution < 1.29 is 0 Å². The van der Waals surface area contributed by atoms with Crippen LogP contribution in [0.25, 0.3) is 5.82 Å². The zero-order valence-electron chi connectivity index (χ0n) is 15.1. The van der Waals surface area contributed by atoms with Crippen LogP contribution in [0.2, 0.25) is 0 Å². The van der Waals surface area contributed by atoms with E-state index >= 15 is 0 Å². The standard InChI is InChI=1S/C18H22N6S.HI/c1-13-9-14(2)24(23-13)17-7-6-15(10-20-17)11-21-18(19-3)22-12-16-5-4-8-25-16;/h4-10H,11-12H2,1-3H3,(H2,19,21,22);1H. The number of halogens is 1. The van der Waals surface area contributed by atoms with Crippen LogP contribution in [0, 0.1) is 13.8 Å². The number of aliphatic imine (C=N–C) groups is 1. The highest BCUT2D eigenvalue weighted by atomic mass is 127. The fourth-order valence-electron chi connectivity index (χ4n) is 2.50. The van der Waals surface area contributed by atoms with E-state index < -0.39 is 0 Å². The molecule has 3 rings (SSSR count). The summed E-state index contributed by atoms with van der Waals surface area (Å²) in [5.74, 6) is 1.60. The van der Waals surface area contributed by atoms with Gasteiger partial charge in [-0.25, -0.2) is 9.67 Å². The van der Waals surface area contributed by atoms with E-state index in [4.69, 9.17) is 0 Å². The van der Waals surface area contributed by atoms with E-state index in [1.807, 2.05) is 42.9 Å². The summed E-state index contributed by atoms with van der Waals surface area (Å²) < 4.78 is 1.86. The van der Waals surface area contributed by atoms with Gasteiger partial charge in [0.2, 0.25) is 0 Å². The smallest absolute Gasteiger partial charge is 0.191 e. The minimum absolute atomic E-state index is 0. The number of nitrogens with zero attached hydrogens (tertiary/aromatic N) is 4. The van der Waals surface area contributed by atoms with Crippen LogP contribution in [-0.4, -0.2) is 27.8 Å². The van der Waals surface area contributed by atoms with Crippen molar-refractivity contribution in [2.75, 3.05) is 7.05 Å². The molecule has 8 heteroatoms. The molecule has 0 saturated heterocycles. The first-order valence-electron chi connectivity index (χ1n) is 8.11. The van der Waals surface area contributed by atoms with E-state index in [0.717, 1.165) is 35.3 Å². The molecule has 3 aromatic rings. The molecule has 0 fully saturated rings. The second-order valence-corrected chi connectivity index (χ2v) is 6.75. The molecule has 0 radical (unpaired) electrons. The molecule has 3 aromatic heterocycles. The lowest BCUT2D eigenvalue weighted by atomic mass is 10.3. The maximum atomic E-state index is 4.52. The fourth-order valence-corrected chi connectivity index (χ4v) is 3.14. The molecule has 6 nitrogen and oxygen atoms in total. The van der Waals surface area contributed by atoms with Crippen molar-refractivity contribution in [1.29, 1.82) is 0 Å². The molecule has 0 amide bonds. The van der Waals surface area contributed by atoms with Crippen molar-refractivity contribution in [2.45, 2.75) is 26.9 Å². The van der Waals surface area contributed by atoms with Gasteiger partial charge in [0.05, 0.1) is 12.2 Å². The van der Waals surface area contributed by atoms with Gasteiger partial charge < -0.3 is 10.6 Å². The Morgan fingerprint density at radius 3 is 2.58 bits per heavy atom. The van der Waals surface area contributed by atoms with E-state index in [-0.39, 0.29) is 24.0 Å². The molecular weight excluding hydrogens is 459 g/mol. The fraction of sp³-hybridized carbons (Fsp3) is 0.278. The van der Waals surface area contributed by atoms with Crippen LogP contribution in [-0.2, 0) is 13.1 Å². The largest absolute Gasteiger partial charge is 0.352 e. The quantitative estimate of drug-likeness (QED) is 0.332. The lowest BCUT2D eigenvalue weighted by Crippen LogP contribution is -2.36. The zero-order chi connectivity index (χ0) is 17.6. The topological polar surface area (TPSA) is 67.1 Å². The van der Waals surface area contributed by atoms with Gasteiger partial charge in [-0.3, -0.25) is 4.99 Å². The van der Waals surface area contributed by atoms with Crippen molar-refractivity contribution >= 4 is 41.3 Å². The summed E-state index contributed by atoms with van der Waals surface area (Å²) in [4.78, 5) is 10.0. The predicted molar refractivity (Wildman–Crippen MR) is 118 cm³/mol. The first-order chi connectivity index (χ1) is 12.2. The number of guanidine groups is 1. The minimum Gasteiger partial charge on any atom is -0.352 e. The first kappa shape index (κ1) is 20.4. The molecule has 0 aromatic carbocycles. The summed E-state index contributed by atoms with van der Waals surface area (Å²) >= 11 is 1.73. The van der Waals surface area contributed by atoms with Crippen LogP contribution in [0.15, 0.2) is 46.9 Å². The zero-order valence-corrected chi connectivity index (χ0v) is 18.2. The number of rotatable bonds is 5. The van der Waals surface area contributed by atoms with Gasteiger partial charge >= 0.3 is 0 Å². The lowest BCUT2D eigenvalue weighted by Gasteiger charge is -2.11. The highest BCUT2D eigenvalue weighted by Gasteiger charge is 2.05. The molecule has 138 valence electrons. The Morgan fingerprint density at radius 2 is 2.00 bits per heavy atom. The van der Waals surface area contributed by atoms with Crippen molar-refractivity contribution in [1.82, 2.24) is 25.4 Å². The van der Waals surface area contributed by atoms with Gasteiger partial charge in [0.25, 0.3) is 0 Å². The van der Waals surface area contributed by atoms with Crippen LogP contribution in [0.3, 0.4) is 0 Å². The number of thiophene rings is 1. The maximum Gasteiger partial charge on any atom is 0.191 e. The third-order valence-electron chi connectivity index (χ3n) is 3.73. The maximum absolute atomic E-state index is 4.52. The van der Waals surface area contributed by atoms with E-state index in [9.17, 15) is 0 Å². The Bertz CT molecular complexity index is 839. The molecule has 0 bridgehead atoms. The van der Waals surface area contributed by atoms with Crippen molar-refractivity contribution in [3.05, 3.63) is 63.7 Å². The Hall–Kier alpha value is -1.94. The predicted octanol–water partition coefficient (Wildman–Crippen LogP) is 3.43. The van der Waals surface area contributed by atoms with Crippen LogP contribution >= 0.6 is 35.3 Å². The second kappa shape index (κ2) is 9.67. The van der Waals surface area contributed by atoms with E-state index in [1.54, 1.807) is 18.4 Å². The van der Waals surface area contributed by atoms with Crippen molar-refractivity contribution in [2.24, 2.45) is 4.99 Å². The molecule has 0 unspecified atom stereocenters. The third-order valence-corrected chi connectivity index (χ3v) is 4.61. The monoisotopic (exact) mass is 482 g/mol. The molecule has 0 aliphatic rings. The van der Waals surface area contributed by atoms with Gasteiger partial charge in [-0.2, -0.15) is 5.10 Å². The second-order valence-electron chi connectivity index (χ2n) is 5.72. The summed E-state index contributed by atoms with van der Waals surface area (Å²) in [7, 11) is 1.77. The molecule has 0 spiro atoms. The minimum atomic E-state index is 0. The average molecular weight is 482 g/mol. The highest BCUT2D eigenvalue weighted by Crippen LogP contribution is 2.10. The summed E-state index contributed by atoms with van der Waals surface area (Å²) in [5.41, 5.74) is 3.16.